The fourth-order valence-electron chi connectivity index (χ4n) is 4.21. The Hall–Kier alpha value is -2.79. The van der Waals surface area contributed by atoms with E-state index in [-0.39, 0.29) is 5.82 Å². The number of hydrogen-bond acceptors (Lipinski definition) is 8. The van der Waals surface area contributed by atoms with E-state index in [9.17, 15) is 4.39 Å². The molecule has 1 N–H and O–H groups in total. The number of nitrogens with zero attached hydrogens (tertiary/aromatic N) is 6. The second-order valence-corrected chi connectivity index (χ2v) is 10.5. The van der Waals surface area contributed by atoms with Crippen LogP contribution in [0.5, 0.6) is 5.75 Å². The van der Waals surface area contributed by atoms with Gasteiger partial charge in [0.05, 0.1) is 15.2 Å². The van der Waals surface area contributed by atoms with E-state index in [0.717, 1.165) is 71.9 Å². The van der Waals surface area contributed by atoms with Gasteiger partial charge in [0, 0.05) is 26.2 Å². The highest BCUT2D eigenvalue weighted by Gasteiger charge is 2.21. The van der Waals surface area contributed by atoms with Crippen LogP contribution in [0.3, 0.4) is 0 Å². The van der Waals surface area contributed by atoms with Crippen molar-refractivity contribution >= 4 is 55.9 Å². The molecule has 0 radical (unpaired) electrons. The first-order chi connectivity index (χ1) is 17.5. The summed E-state index contributed by atoms with van der Waals surface area (Å²) in [4.78, 5) is 18.4. The van der Waals surface area contributed by atoms with E-state index in [1.807, 2.05) is 12.1 Å². The Morgan fingerprint density at radius 3 is 2.00 bits per heavy atom. The second-order valence-electron chi connectivity index (χ2n) is 8.75. The molecule has 0 spiro atoms. The third-order valence-electron chi connectivity index (χ3n) is 6.08. The molecule has 0 unspecified atom stereocenters. The maximum absolute atomic E-state index is 13.1. The average Bonchev–Trinajstić information content (AvgIpc) is 3.59. The molecule has 8 nitrogen and oxygen atoms in total. The summed E-state index contributed by atoms with van der Waals surface area (Å²) in [6.45, 7) is 4.17. The molecular formula is C25H26Br2FN7O. The first-order valence-corrected chi connectivity index (χ1v) is 13.5. The molecule has 11 heteroatoms. The summed E-state index contributed by atoms with van der Waals surface area (Å²) in [5, 5.41) is 4.38. The molecule has 0 amide bonds. The lowest BCUT2D eigenvalue weighted by Crippen LogP contribution is -2.25. The number of hydrogen-bond donors (Lipinski definition) is 1. The number of nitrogens with one attached hydrogen (secondary N) is 1. The summed E-state index contributed by atoms with van der Waals surface area (Å²) in [5.74, 6) is 2.23. The Bertz CT molecular complexity index is 1170. The third kappa shape index (κ3) is 6.12. The summed E-state index contributed by atoms with van der Waals surface area (Å²) in [6, 6.07) is 10.1. The average molecular weight is 619 g/mol. The van der Waals surface area contributed by atoms with Gasteiger partial charge in [0.2, 0.25) is 17.8 Å². The van der Waals surface area contributed by atoms with E-state index >= 15 is 0 Å². The summed E-state index contributed by atoms with van der Waals surface area (Å²) in [7, 11) is 0. The molecule has 3 aromatic rings. The molecule has 36 heavy (non-hydrogen) atoms. The van der Waals surface area contributed by atoms with Gasteiger partial charge in [-0.15, -0.1) is 0 Å². The van der Waals surface area contributed by atoms with Crippen molar-refractivity contribution in [1.82, 2.24) is 15.0 Å². The van der Waals surface area contributed by atoms with Crippen molar-refractivity contribution in [3.63, 3.8) is 0 Å². The normalized spacial score (nSPS) is 15.8. The van der Waals surface area contributed by atoms with Crippen molar-refractivity contribution in [1.29, 1.82) is 0 Å². The second kappa shape index (κ2) is 11.5. The molecule has 0 atom stereocenters. The zero-order valence-electron chi connectivity index (χ0n) is 19.6. The van der Waals surface area contributed by atoms with Gasteiger partial charge in [0.25, 0.3) is 0 Å². The van der Waals surface area contributed by atoms with Gasteiger partial charge in [0.1, 0.15) is 18.2 Å². The van der Waals surface area contributed by atoms with Crippen molar-refractivity contribution in [2.45, 2.75) is 32.3 Å². The molecular weight excluding hydrogens is 593 g/mol. The molecule has 0 bridgehead atoms. The van der Waals surface area contributed by atoms with Crippen LogP contribution in [0.15, 0.2) is 50.4 Å². The van der Waals surface area contributed by atoms with Crippen molar-refractivity contribution in [3.8, 4) is 5.75 Å². The number of ether oxygens (including phenoxy) is 1. The van der Waals surface area contributed by atoms with Crippen LogP contribution in [-0.2, 0) is 6.61 Å². The first-order valence-electron chi connectivity index (χ1n) is 12.0. The van der Waals surface area contributed by atoms with Gasteiger partial charge in [-0.2, -0.15) is 20.1 Å². The highest BCUT2D eigenvalue weighted by atomic mass is 79.9. The molecule has 1 aromatic heterocycles. The minimum atomic E-state index is -0.268. The molecule has 2 aromatic carbocycles. The molecule has 2 aliphatic rings. The molecule has 0 saturated carbocycles. The number of benzene rings is 2. The van der Waals surface area contributed by atoms with E-state index in [1.165, 1.54) is 12.1 Å². The third-order valence-corrected chi connectivity index (χ3v) is 7.26. The van der Waals surface area contributed by atoms with E-state index in [2.05, 4.69) is 62.2 Å². The van der Waals surface area contributed by atoms with Crippen LogP contribution in [0.1, 0.15) is 36.8 Å². The van der Waals surface area contributed by atoms with E-state index in [4.69, 9.17) is 9.72 Å². The van der Waals surface area contributed by atoms with E-state index in [1.54, 1.807) is 18.3 Å². The summed E-state index contributed by atoms with van der Waals surface area (Å²) >= 11 is 7.15. The lowest BCUT2D eigenvalue weighted by molar-refractivity contribution is 0.302. The number of anilines is 3. The summed E-state index contributed by atoms with van der Waals surface area (Å²) in [5.41, 5.74) is 4.72. The zero-order chi connectivity index (χ0) is 24.9. The minimum absolute atomic E-state index is 0.268. The smallest absolute Gasteiger partial charge is 0.250 e. The predicted octanol–water partition coefficient (Wildman–Crippen LogP) is 5.76. The molecule has 2 aliphatic heterocycles. The number of rotatable bonds is 8. The van der Waals surface area contributed by atoms with Gasteiger partial charge in [-0.3, -0.25) is 0 Å². The highest BCUT2D eigenvalue weighted by Crippen LogP contribution is 2.35. The van der Waals surface area contributed by atoms with Crippen LogP contribution in [0.25, 0.3) is 0 Å². The van der Waals surface area contributed by atoms with Crippen LogP contribution < -0.4 is 20.0 Å². The van der Waals surface area contributed by atoms with Gasteiger partial charge in [-0.25, -0.2) is 9.82 Å². The molecule has 188 valence electrons. The monoisotopic (exact) mass is 617 g/mol. The topological polar surface area (TPSA) is 78.8 Å². The predicted molar refractivity (Wildman–Crippen MR) is 147 cm³/mol. The summed E-state index contributed by atoms with van der Waals surface area (Å²) < 4.78 is 20.6. The molecule has 5 rings (SSSR count). The Morgan fingerprint density at radius 2 is 1.44 bits per heavy atom. The molecule has 2 saturated heterocycles. The number of halogens is 3. The maximum atomic E-state index is 13.1. The quantitative estimate of drug-likeness (QED) is 0.254. The van der Waals surface area contributed by atoms with Crippen molar-refractivity contribution in [2.24, 2.45) is 5.10 Å². The molecule has 3 heterocycles. The Balaban J connectivity index is 1.28. The zero-order valence-corrected chi connectivity index (χ0v) is 22.8. The van der Waals surface area contributed by atoms with Crippen LogP contribution >= 0.6 is 31.9 Å². The Kier molecular flexibility index (Phi) is 7.96. The standard InChI is InChI=1S/C25H26Br2FN7O/c26-20-13-18(14-21(27)22(20)36-16-17-5-7-19(28)8-6-17)15-29-33-23-30-24(34-9-1-2-10-34)32-25(31-23)35-11-3-4-12-35/h5-8,13-15H,1-4,9-12,16H2,(H,30,31,32,33)/b29-15-. The van der Waals surface area contributed by atoms with Gasteiger partial charge in [-0.1, -0.05) is 12.1 Å². The number of aromatic nitrogens is 3. The van der Waals surface area contributed by atoms with Gasteiger partial charge < -0.3 is 14.5 Å². The maximum Gasteiger partial charge on any atom is 0.250 e. The molecule has 2 fully saturated rings. The Morgan fingerprint density at radius 1 is 0.889 bits per heavy atom. The first kappa shape index (κ1) is 24.9. The van der Waals surface area contributed by atoms with Gasteiger partial charge in [0.15, 0.2) is 0 Å². The van der Waals surface area contributed by atoms with Crippen LogP contribution in [0, 0.1) is 5.82 Å². The summed E-state index contributed by atoms with van der Waals surface area (Å²) in [6.07, 6.45) is 6.31. The Labute approximate surface area is 226 Å². The van der Waals surface area contributed by atoms with Crippen molar-refractivity contribution in [2.75, 3.05) is 41.4 Å². The largest absolute Gasteiger partial charge is 0.487 e. The van der Waals surface area contributed by atoms with Crippen LogP contribution in [0.4, 0.5) is 22.2 Å². The van der Waals surface area contributed by atoms with Crippen LogP contribution in [0.2, 0.25) is 0 Å². The SMILES string of the molecule is Fc1ccc(COc2c(Br)cc(/C=N\Nc3nc(N4CCCC4)nc(N4CCCC4)n3)cc2Br)cc1. The van der Waals surface area contributed by atoms with Crippen molar-refractivity contribution in [3.05, 3.63) is 62.3 Å². The minimum Gasteiger partial charge on any atom is -0.487 e. The lowest BCUT2D eigenvalue weighted by atomic mass is 10.2. The van der Waals surface area contributed by atoms with Crippen molar-refractivity contribution < 1.29 is 9.13 Å². The lowest BCUT2D eigenvalue weighted by Gasteiger charge is -2.20. The van der Waals surface area contributed by atoms with Crippen LogP contribution in [-0.4, -0.2) is 47.3 Å². The fourth-order valence-corrected chi connectivity index (χ4v) is 5.66. The molecule has 0 aliphatic carbocycles. The van der Waals surface area contributed by atoms with Gasteiger partial charge in [-0.05, 0) is 92.9 Å². The fraction of sp³-hybridized carbons (Fsp3) is 0.360. The number of hydrazone groups is 1. The highest BCUT2D eigenvalue weighted by molar-refractivity contribution is 9.11. The van der Waals surface area contributed by atoms with Gasteiger partial charge >= 0.3 is 0 Å². The van der Waals surface area contributed by atoms with E-state index in [0.29, 0.717) is 30.2 Å². The van der Waals surface area contributed by atoms with E-state index < -0.39 is 0 Å².